The summed E-state index contributed by atoms with van der Waals surface area (Å²) in [7, 11) is 0. The third-order valence-corrected chi connectivity index (χ3v) is 7.35. The minimum Gasteiger partial charge on any atom is -0.360 e. The first kappa shape index (κ1) is 10.5. The van der Waals surface area contributed by atoms with Gasteiger partial charge in [0.25, 0.3) is 0 Å². The highest BCUT2D eigenvalue weighted by molar-refractivity contribution is 5.99. The van der Waals surface area contributed by atoms with Gasteiger partial charge >= 0.3 is 0 Å². The van der Waals surface area contributed by atoms with Gasteiger partial charge in [0.2, 0.25) is 0 Å². The summed E-state index contributed by atoms with van der Waals surface area (Å²) in [6, 6.07) is 0. The first-order chi connectivity index (χ1) is 7.78. The van der Waals surface area contributed by atoms with Crippen LogP contribution in [0.1, 0.15) is 59.8 Å². The summed E-state index contributed by atoms with van der Waals surface area (Å²) >= 11 is 0. The van der Waals surface area contributed by atoms with E-state index in [1.165, 1.54) is 25.7 Å². The smallest absolute Gasteiger partial charge is 0.171 e. The fourth-order valence-corrected chi connectivity index (χ4v) is 6.92. The Balaban J connectivity index is 2.07. The summed E-state index contributed by atoms with van der Waals surface area (Å²) in [5.74, 6) is 0.377. The number of carbonyl (C=O) groups excluding carboxylic acids is 1. The molecule has 1 spiro atoms. The maximum absolute atomic E-state index is 12.8. The van der Waals surface area contributed by atoms with E-state index < -0.39 is 5.60 Å². The molecule has 0 amide bonds. The van der Waals surface area contributed by atoms with E-state index in [1.54, 1.807) is 0 Å². The second-order valence-electron chi connectivity index (χ2n) is 7.66. The van der Waals surface area contributed by atoms with Gasteiger partial charge in [-0.05, 0) is 44.9 Å². The molecule has 2 nitrogen and oxygen atoms in total. The summed E-state index contributed by atoms with van der Waals surface area (Å²) in [5, 5.41) is 0. The molecule has 1 heterocycles. The van der Waals surface area contributed by atoms with Gasteiger partial charge in [-0.2, -0.15) is 0 Å². The molecule has 0 radical (unpaired) electrons. The number of ketones is 1. The minimum absolute atomic E-state index is 0.0122. The molecule has 3 saturated carbocycles. The van der Waals surface area contributed by atoms with Gasteiger partial charge in [-0.15, -0.1) is 0 Å². The highest BCUT2D eigenvalue weighted by Crippen LogP contribution is 2.87. The molecule has 4 rings (SSSR count). The van der Waals surface area contributed by atoms with E-state index in [1.807, 2.05) is 0 Å². The Kier molecular flexibility index (Phi) is 1.39. The normalized spacial score (nSPS) is 62.2. The second kappa shape index (κ2) is 2.24. The second-order valence-corrected chi connectivity index (χ2v) is 7.66. The van der Waals surface area contributed by atoms with Crippen LogP contribution in [-0.2, 0) is 9.53 Å². The largest absolute Gasteiger partial charge is 0.360 e. The number of carbonyl (C=O) groups is 1. The fourth-order valence-electron chi connectivity index (χ4n) is 6.92. The lowest BCUT2D eigenvalue weighted by molar-refractivity contribution is -0.341. The highest BCUT2D eigenvalue weighted by Gasteiger charge is 2.92. The average molecular weight is 234 g/mol. The van der Waals surface area contributed by atoms with Gasteiger partial charge in [0, 0.05) is 10.8 Å². The zero-order valence-corrected chi connectivity index (χ0v) is 11.4. The van der Waals surface area contributed by atoms with Crippen molar-refractivity contribution in [3.8, 4) is 0 Å². The molecule has 1 saturated heterocycles. The van der Waals surface area contributed by atoms with Gasteiger partial charge in [0.05, 0.1) is 5.60 Å². The monoisotopic (exact) mass is 234 g/mol. The number of rotatable bonds is 0. The maximum Gasteiger partial charge on any atom is 0.171 e. The van der Waals surface area contributed by atoms with Crippen LogP contribution in [0.4, 0.5) is 0 Å². The van der Waals surface area contributed by atoms with Crippen molar-refractivity contribution in [3.05, 3.63) is 0 Å². The van der Waals surface area contributed by atoms with Crippen LogP contribution >= 0.6 is 0 Å². The van der Waals surface area contributed by atoms with E-state index in [0.29, 0.717) is 5.78 Å². The predicted octanol–water partition coefficient (Wildman–Crippen LogP) is 3.09. The highest BCUT2D eigenvalue weighted by atomic mass is 16.6. The van der Waals surface area contributed by atoms with Crippen molar-refractivity contribution < 1.29 is 9.53 Å². The third-order valence-electron chi connectivity index (χ3n) is 7.35. The Morgan fingerprint density at radius 3 is 2.35 bits per heavy atom. The molecule has 0 unspecified atom stereocenters. The van der Waals surface area contributed by atoms with Crippen LogP contribution in [0, 0.1) is 16.2 Å². The van der Waals surface area contributed by atoms with E-state index in [4.69, 9.17) is 4.74 Å². The van der Waals surface area contributed by atoms with Crippen LogP contribution in [0.25, 0.3) is 0 Å². The van der Waals surface area contributed by atoms with Gasteiger partial charge in [-0.25, -0.2) is 0 Å². The minimum atomic E-state index is -0.474. The number of Topliss-reactive ketones (excluding diaryl/α,β-unsaturated/α-hetero) is 1. The van der Waals surface area contributed by atoms with Crippen LogP contribution in [0.5, 0.6) is 0 Å². The Morgan fingerprint density at radius 1 is 1.00 bits per heavy atom. The van der Waals surface area contributed by atoms with Crippen molar-refractivity contribution in [2.24, 2.45) is 16.2 Å². The Labute approximate surface area is 103 Å². The molecule has 0 bridgehead atoms. The van der Waals surface area contributed by atoms with Gasteiger partial charge in [0.15, 0.2) is 5.78 Å². The van der Waals surface area contributed by atoms with Crippen molar-refractivity contribution in [2.45, 2.75) is 71.0 Å². The lowest BCUT2D eigenvalue weighted by Crippen LogP contribution is -2.73. The van der Waals surface area contributed by atoms with E-state index in [2.05, 4.69) is 27.7 Å². The molecule has 0 N–H and O–H groups in total. The lowest BCUT2D eigenvalue weighted by atomic mass is 9.53. The van der Waals surface area contributed by atoms with Crippen LogP contribution < -0.4 is 0 Å². The maximum atomic E-state index is 12.8. The molecule has 4 aliphatic rings. The third kappa shape index (κ3) is 0.616. The molecule has 3 aliphatic carbocycles. The summed E-state index contributed by atoms with van der Waals surface area (Å²) in [4.78, 5) is 12.8. The molecule has 17 heavy (non-hydrogen) atoms. The molecular weight excluding hydrogens is 212 g/mol. The standard InChI is InChI=1S/C15H22O2/c1-11(2)10(16)13(4)15-7-5-6-14(11,15)9-8-12(15,3)17-13/h5-9H2,1-4H3/t12-,13-,14+,15-/m0/s1. The van der Waals surface area contributed by atoms with Crippen molar-refractivity contribution in [3.63, 3.8) is 0 Å². The van der Waals surface area contributed by atoms with E-state index in [0.717, 1.165) is 6.42 Å². The molecule has 94 valence electrons. The van der Waals surface area contributed by atoms with Gasteiger partial charge in [-0.1, -0.05) is 20.3 Å². The van der Waals surface area contributed by atoms with Crippen LogP contribution in [-0.4, -0.2) is 17.0 Å². The number of hydrogen-bond acceptors (Lipinski definition) is 2. The Bertz CT molecular complexity index is 454. The van der Waals surface area contributed by atoms with Crippen molar-refractivity contribution in [1.29, 1.82) is 0 Å². The fraction of sp³-hybridized carbons (Fsp3) is 0.933. The first-order valence-corrected chi connectivity index (χ1v) is 7.03. The molecule has 4 fully saturated rings. The molecular formula is C15H22O2. The summed E-state index contributed by atoms with van der Waals surface area (Å²) in [5.41, 5.74) is -0.279. The quantitative estimate of drug-likeness (QED) is 0.644. The van der Waals surface area contributed by atoms with Crippen molar-refractivity contribution >= 4 is 5.78 Å². The predicted molar refractivity (Wildman–Crippen MR) is 64.6 cm³/mol. The lowest BCUT2D eigenvalue weighted by Gasteiger charge is -2.64. The zero-order valence-electron chi connectivity index (χ0n) is 11.4. The summed E-state index contributed by atoms with van der Waals surface area (Å²) in [6.07, 6.45) is 6.07. The van der Waals surface area contributed by atoms with Gasteiger partial charge in [0.1, 0.15) is 5.60 Å². The van der Waals surface area contributed by atoms with Gasteiger partial charge in [-0.3, -0.25) is 4.79 Å². The van der Waals surface area contributed by atoms with Crippen LogP contribution in [0.15, 0.2) is 0 Å². The van der Waals surface area contributed by atoms with E-state index in [9.17, 15) is 4.79 Å². The first-order valence-electron chi connectivity index (χ1n) is 7.03. The van der Waals surface area contributed by atoms with Crippen molar-refractivity contribution in [2.75, 3.05) is 0 Å². The molecule has 0 aromatic carbocycles. The molecule has 1 aliphatic heterocycles. The zero-order chi connectivity index (χ0) is 12.3. The number of ether oxygens (including phenoxy) is 1. The van der Waals surface area contributed by atoms with Crippen LogP contribution in [0.3, 0.4) is 0 Å². The summed E-state index contributed by atoms with van der Waals surface area (Å²) in [6.45, 7) is 8.70. The Hall–Kier alpha value is -0.370. The molecule has 2 heteroatoms. The SMILES string of the molecule is CC1(C)C(=O)[C@]2(C)O[C@@]3(C)CC[C@]14CCC[C@@]423. The summed E-state index contributed by atoms with van der Waals surface area (Å²) < 4.78 is 6.23. The molecule has 0 aromatic heterocycles. The molecule has 4 atom stereocenters. The van der Waals surface area contributed by atoms with Crippen molar-refractivity contribution in [1.82, 2.24) is 0 Å². The molecule has 0 aromatic rings. The Morgan fingerprint density at radius 2 is 1.71 bits per heavy atom. The number of hydrogen-bond donors (Lipinski definition) is 0. The average Bonchev–Trinajstić information content (AvgIpc) is 2.77. The topological polar surface area (TPSA) is 26.3 Å². The van der Waals surface area contributed by atoms with Crippen LogP contribution in [0.2, 0.25) is 0 Å². The van der Waals surface area contributed by atoms with Gasteiger partial charge < -0.3 is 4.74 Å². The van der Waals surface area contributed by atoms with E-state index in [-0.39, 0.29) is 21.8 Å². The van der Waals surface area contributed by atoms with E-state index >= 15 is 0 Å².